The van der Waals surface area contributed by atoms with Crippen LogP contribution in [0, 0.1) is 5.41 Å². The highest BCUT2D eigenvalue weighted by Crippen LogP contribution is 2.32. The summed E-state index contributed by atoms with van der Waals surface area (Å²) in [4.78, 5) is 2.58. The Morgan fingerprint density at radius 1 is 1.31 bits per heavy atom. The summed E-state index contributed by atoms with van der Waals surface area (Å²) in [5.41, 5.74) is 0.550. The third-order valence-electron chi connectivity index (χ3n) is 4.18. The van der Waals surface area contributed by atoms with Crippen LogP contribution in [0.25, 0.3) is 0 Å². The van der Waals surface area contributed by atoms with Crippen LogP contribution in [0.15, 0.2) is 0 Å². The summed E-state index contributed by atoms with van der Waals surface area (Å²) >= 11 is 4.56. The van der Waals surface area contributed by atoms with Crippen molar-refractivity contribution in [3.63, 3.8) is 0 Å². The molecule has 0 saturated carbocycles. The highest BCUT2D eigenvalue weighted by atomic mass is 32.1. The van der Waals surface area contributed by atoms with Gasteiger partial charge in [0.1, 0.15) is 0 Å². The Morgan fingerprint density at radius 2 is 1.94 bits per heavy atom. The van der Waals surface area contributed by atoms with Crippen LogP contribution in [0.2, 0.25) is 0 Å². The molecule has 0 atom stereocenters. The van der Waals surface area contributed by atoms with Crippen molar-refractivity contribution < 1.29 is 4.74 Å². The van der Waals surface area contributed by atoms with Crippen LogP contribution in [0.4, 0.5) is 0 Å². The lowest BCUT2D eigenvalue weighted by atomic mass is 9.82. The largest absolute Gasteiger partial charge is 0.378 e. The second-order valence-corrected chi connectivity index (χ2v) is 5.97. The number of nitrogens with zero attached hydrogens (tertiary/aromatic N) is 1. The first-order valence-electron chi connectivity index (χ1n) is 6.43. The van der Waals surface area contributed by atoms with Gasteiger partial charge in [0.2, 0.25) is 0 Å². The van der Waals surface area contributed by atoms with Crippen LogP contribution in [0.3, 0.4) is 0 Å². The molecule has 0 radical (unpaired) electrons. The highest BCUT2D eigenvalue weighted by molar-refractivity contribution is 7.80. The zero-order chi connectivity index (χ0) is 12.2. The molecule has 2 nitrogen and oxygen atoms in total. The van der Waals surface area contributed by atoms with Crippen molar-refractivity contribution in [3.8, 4) is 0 Å². The van der Waals surface area contributed by atoms with Crippen molar-refractivity contribution in [1.82, 2.24) is 4.90 Å². The molecule has 1 aliphatic heterocycles. The molecule has 0 spiro atoms. The minimum atomic E-state index is 0.177. The molecule has 0 N–H and O–H groups in total. The summed E-state index contributed by atoms with van der Waals surface area (Å²) < 4.78 is 5.57. The van der Waals surface area contributed by atoms with E-state index in [1.54, 1.807) is 0 Å². The topological polar surface area (TPSA) is 12.5 Å². The van der Waals surface area contributed by atoms with Crippen LogP contribution < -0.4 is 0 Å². The molecule has 96 valence electrons. The maximum Gasteiger partial charge on any atom is 0.0645 e. The van der Waals surface area contributed by atoms with Crippen LogP contribution in [0.5, 0.6) is 0 Å². The van der Waals surface area contributed by atoms with Crippen LogP contribution in [-0.4, -0.2) is 42.5 Å². The van der Waals surface area contributed by atoms with Gasteiger partial charge in [0, 0.05) is 18.6 Å². The van der Waals surface area contributed by atoms with Gasteiger partial charge in [-0.1, -0.05) is 13.8 Å². The molecule has 1 saturated heterocycles. The van der Waals surface area contributed by atoms with Crippen molar-refractivity contribution in [2.24, 2.45) is 5.41 Å². The molecule has 1 heterocycles. The maximum absolute atomic E-state index is 5.57. The molecule has 1 fully saturated rings. The van der Waals surface area contributed by atoms with Gasteiger partial charge in [0.15, 0.2) is 0 Å². The van der Waals surface area contributed by atoms with Gasteiger partial charge in [-0.2, -0.15) is 12.6 Å². The predicted molar refractivity (Wildman–Crippen MR) is 73.3 cm³/mol. The van der Waals surface area contributed by atoms with Gasteiger partial charge < -0.3 is 4.74 Å². The summed E-state index contributed by atoms with van der Waals surface area (Å²) in [6.07, 6.45) is 2.42. The van der Waals surface area contributed by atoms with Crippen LogP contribution >= 0.6 is 12.6 Å². The molecular formula is C13H27NOS. The number of ether oxygens (including phenoxy) is 1. The lowest BCUT2D eigenvalue weighted by molar-refractivity contribution is -0.0667. The first kappa shape index (κ1) is 14.3. The zero-order valence-electron chi connectivity index (χ0n) is 11.3. The summed E-state index contributed by atoms with van der Waals surface area (Å²) in [6, 6.07) is 0. The quantitative estimate of drug-likeness (QED) is 0.748. The lowest BCUT2D eigenvalue weighted by Crippen LogP contribution is -2.56. The molecule has 0 amide bonds. The standard InChI is InChI=1S/C13H27NOS/c1-5-13(6-2,11-16)9-14-7-8-15-10-12(14,3)4/h16H,5-11H2,1-4H3. The Labute approximate surface area is 106 Å². The molecule has 0 unspecified atom stereocenters. The average molecular weight is 245 g/mol. The van der Waals surface area contributed by atoms with E-state index in [0.717, 1.165) is 32.1 Å². The van der Waals surface area contributed by atoms with E-state index in [-0.39, 0.29) is 5.54 Å². The molecule has 0 bridgehead atoms. The van der Waals surface area contributed by atoms with Crippen LogP contribution in [0.1, 0.15) is 40.5 Å². The number of thiol groups is 1. The third-order valence-corrected chi connectivity index (χ3v) is 4.85. The fourth-order valence-corrected chi connectivity index (χ4v) is 2.88. The predicted octanol–water partition coefficient (Wildman–Crippen LogP) is 2.83. The SMILES string of the molecule is CCC(CC)(CS)CN1CCOCC1(C)C. The summed E-state index contributed by atoms with van der Waals surface area (Å²) in [6.45, 7) is 13.1. The molecule has 3 heteroatoms. The Balaban J connectivity index is 2.69. The van der Waals surface area contributed by atoms with Gasteiger partial charge in [0.05, 0.1) is 13.2 Å². The van der Waals surface area contributed by atoms with Gasteiger partial charge in [0.25, 0.3) is 0 Å². The second kappa shape index (κ2) is 5.74. The normalized spacial score (nSPS) is 22.3. The Kier molecular flexibility index (Phi) is 5.14. The molecule has 1 aliphatic rings. The summed E-state index contributed by atoms with van der Waals surface area (Å²) in [5.74, 6) is 0.980. The van der Waals surface area contributed by atoms with Crippen LogP contribution in [-0.2, 0) is 4.74 Å². The molecular weight excluding hydrogens is 218 g/mol. The fraction of sp³-hybridized carbons (Fsp3) is 1.00. The zero-order valence-corrected chi connectivity index (χ0v) is 12.1. The number of rotatable bonds is 5. The summed E-state index contributed by atoms with van der Waals surface area (Å²) in [5, 5.41) is 0. The van der Waals surface area contributed by atoms with E-state index in [2.05, 4.69) is 45.2 Å². The van der Waals surface area contributed by atoms with Gasteiger partial charge in [-0.3, -0.25) is 4.90 Å². The van der Waals surface area contributed by atoms with E-state index in [4.69, 9.17) is 4.74 Å². The van der Waals surface area contributed by atoms with Crippen molar-refractivity contribution in [2.75, 3.05) is 32.1 Å². The van der Waals surface area contributed by atoms with Gasteiger partial charge >= 0.3 is 0 Å². The minimum Gasteiger partial charge on any atom is -0.378 e. The Bertz CT molecular complexity index is 206. The third kappa shape index (κ3) is 3.14. The number of hydrogen-bond donors (Lipinski definition) is 1. The van der Waals surface area contributed by atoms with E-state index in [1.807, 2.05) is 0 Å². The monoisotopic (exact) mass is 245 g/mol. The highest BCUT2D eigenvalue weighted by Gasteiger charge is 2.36. The molecule has 0 aromatic rings. The Hall–Kier alpha value is 0.270. The minimum absolute atomic E-state index is 0.177. The van der Waals surface area contributed by atoms with E-state index >= 15 is 0 Å². The number of morpholine rings is 1. The fourth-order valence-electron chi connectivity index (χ4n) is 2.34. The second-order valence-electron chi connectivity index (χ2n) is 5.65. The van der Waals surface area contributed by atoms with E-state index in [9.17, 15) is 0 Å². The van der Waals surface area contributed by atoms with E-state index in [0.29, 0.717) is 5.41 Å². The van der Waals surface area contributed by atoms with E-state index in [1.165, 1.54) is 12.8 Å². The summed E-state index contributed by atoms with van der Waals surface area (Å²) in [7, 11) is 0. The van der Waals surface area contributed by atoms with E-state index < -0.39 is 0 Å². The molecule has 0 aliphatic carbocycles. The molecule has 16 heavy (non-hydrogen) atoms. The smallest absolute Gasteiger partial charge is 0.0645 e. The average Bonchev–Trinajstić information content (AvgIpc) is 2.28. The maximum atomic E-state index is 5.57. The Morgan fingerprint density at radius 3 is 2.38 bits per heavy atom. The lowest BCUT2D eigenvalue weighted by Gasteiger charge is -2.47. The molecule has 0 aromatic carbocycles. The first-order valence-corrected chi connectivity index (χ1v) is 7.06. The first-order chi connectivity index (χ1) is 7.49. The van der Waals surface area contributed by atoms with Gasteiger partial charge in [-0.05, 0) is 37.9 Å². The van der Waals surface area contributed by atoms with Crippen molar-refractivity contribution in [1.29, 1.82) is 0 Å². The van der Waals surface area contributed by atoms with Crippen molar-refractivity contribution >= 4 is 12.6 Å². The van der Waals surface area contributed by atoms with Gasteiger partial charge in [-0.25, -0.2) is 0 Å². The van der Waals surface area contributed by atoms with Crippen molar-refractivity contribution in [3.05, 3.63) is 0 Å². The number of hydrogen-bond acceptors (Lipinski definition) is 3. The van der Waals surface area contributed by atoms with Gasteiger partial charge in [-0.15, -0.1) is 0 Å². The molecule has 1 rings (SSSR count). The molecule has 0 aromatic heterocycles. The van der Waals surface area contributed by atoms with Crippen molar-refractivity contribution in [2.45, 2.75) is 46.1 Å².